The molecule has 0 saturated carbocycles. The van der Waals surface area contributed by atoms with E-state index in [-0.39, 0.29) is 11.8 Å². The summed E-state index contributed by atoms with van der Waals surface area (Å²) in [5, 5.41) is 13.6. The molecule has 0 spiro atoms. The van der Waals surface area contributed by atoms with E-state index >= 15 is 0 Å². The van der Waals surface area contributed by atoms with Gasteiger partial charge in [0, 0.05) is 10.5 Å². The van der Waals surface area contributed by atoms with Crippen molar-refractivity contribution in [3.8, 4) is 5.75 Å². The van der Waals surface area contributed by atoms with Gasteiger partial charge in [-0.15, -0.1) is 0 Å². The molecule has 2 N–H and O–H groups in total. The van der Waals surface area contributed by atoms with Crippen molar-refractivity contribution in [3.05, 3.63) is 56.5 Å². The Hall–Kier alpha value is -0.900. The van der Waals surface area contributed by atoms with Gasteiger partial charge in [0.15, 0.2) is 0 Å². The number of benzene rings is 2. The molecule has 0 amide bonds. The van der Waals surface area contributed by atoms with Gasteiger partial charge in [-0.25, -0.2) is 0 Å². The first kappa shape index (κ1) is 15.5. The first-order chi connectivity index (χ1) is 9.47. The highest BCUT2D eigenvalue weighted by molar-refractivity contribution is 9.10. The van der Waals surface area contributed by atoms with Gasteiger partial charge in [0.2, 0.25) is 0 Å². The molecule has 0 saturated heterocycles. The molecule has 1 atom stereocenters. The Balaban J connectivity index is 2.06. The second-order valence-corrected chi connectivity index (χ2v) is 6.25. The standard InChI is InChI=1S/C15H14BrCl2NO/c1-9(8-10-2-4-11(20)5-3-10)19-13-7-6-12(16)14(17)15(13)18/h2-7,9,19-20H,8H2,1H3. The molecular weight excluding hydrogens is 361 g/mol. The van der Waals surface area contributed by atoms with Crippen molar-refractivity contribution in [1.29, 1.82) is 0 Å². The number of rotatable bonds is 4. The number of hydrogen-bond acceptors (Lipinski definition) is 2. The third-order valence-corrected chi connectivity index (χ3v) is 4.69. The van der Waals surface area contributed by atoms with E-state index in [1.54, 1.807) is 12.1 Å². The number of phenolic OH excluding ortho intramolecular Hbond substituents is 1. The second kappa shape index (κ2) is 6.70. The maximum absolute atomic E-state index is 9.27. The molecule has 2 nitrogen and oxygen atoms in total. The summed E-state index contributed by atoms with van der Waals surface area (Å²) in [4.78, 5) is 0. The van der Waals surface area contributed by atoms with Crippen molar-refractivity contribution in [2.75, 3.05) is 5.32 Å². The van der Waals surface area contributed by atoms with Crippen LogP contribution >= 0.6 is 39.1 Å². The molecule has 0 bridgehead atoms. The Labute approximate surface area is 136 Å². The van der Waals surface area contributed by atoms with E-state index in [1.165, 1.54) is 0 Å². The molecule has 0 radical (unpaired) electrons. The zero-order valence-electron chi connectivity index (χ0n) is 10.8. The van der Waals surface area contributed by atoms with Crippen molar-refractivity contribution in [1.82, 2.24) is 0 Å². The summed E-state index contributed by atoms with van der Waals surface area (Å²) in [6, 6.07) is 11.1. The van der Waals surface area contributed by atoms with Crippen LogP contribution < -0.4 is 5.32 Å². The summed E-state index contributed by atoms with van der Waals surface area (Å²) >= 11 is 15.6. The first-order valence-electron chi connectivity index (χ1n) is 6.15. The van der Waals surface area contributed by atoms with Gasteiger partial charge in [0.25, 0.3) is 0 Å². The molecule has 2 aromatic carbocycles. The van der Waals surface area contributed by atoms with E-state index in [9.17, 15) is 5.11 Å². The van der Waals surface area contributed by atoms with E-state index in [1.807, 2.05) is 24.3 Å². The van der Waals surface area contributed by atoms with Crippen LogP contribution in [0.5, 0.6) is 5.75 Å². The molecule has 20 heavy (non-hydrogen) atoms. The maximum Gasteiger partial charge on any atom is 0.115 e. The van der Waals surface area contributed by atoms with Gasteiger partial charge < -0.3 is 10.4 Å². The highest BCUT2D eigenvalue weighted by Crippen LogP contribution is 2.36. The second-order valence-electron chi connectivity index (χ2n) is 4.64. The molecule has 0 aliphatic heterocycles. The lowest BCUT2D eigenvalue weighted by Gasteiger charge is -2.17. The Morgan fingerprint density at radius 3 is 2.40 bits per heavy atom. The molecule has 0 fully saturated rings. The minimum absolute atomic E-state index is 0.189. The van der Waals surface area contributed by atoms with Crippen molar-refractivity contribution in [2.24, 2.45) is 0 Å². The van der Waals surface area contributed by atoms with Crippen LogP contribution in [0.25, 0.3) is 0 Å². The fourth-order valence-corrected chi connectivity index (χ4v) is 2.77. The van der Waals surface area contributed by atoms with E-state index in [0.717, 1.165) is 22.1 Å². The van der Waals surface area contributed by atoms with Gasteiger partial charge in [-0.3, -0.25) is 0 Å². The molecule has 2 aromatic rings. The zero-order valence-corrected chi connectivity index (χ0v) is 13.9. The Morgan fingerprint density at radius 1 is 1.10 bits per heavy atom. The predicted molar refractivity (Wildman–Crippen MR) is 89.1 cm³/mol. The molecule has 0 heterocycles. The lowest BCUT2D eigenvalue weighted by molar-refractivity contribution is 0.475. The van der Waals surface area contributed by atoms with Gasteiger partial charge >= 0.3 is 0 Å². The maximum atomic E-state index is 9.27. The molecule has 0 aromatic heterocycles. The van der Waals surface area contributed by atoms with Gasteiger partial charge in [-0.1, -0.05) is 35.3 Å². The first-order valence-corrected chi connectivity index (χ1v) is 7.70. The van der Waals surface area contributed by atoms with Crippen LogP contribution in [0.1, 0.15) is 12.5 Å². The summed E-state index contributed by atoms with van der Waals surface area (Å²) in [6.07, 6.45) is 0.824. The number of halogens is 3. The van der Waals surface area contributed by atoms with Gasteiger partial charge in [-0.05, 0) is 59.1 Å². The van der Waals surface area contributed by atoms with Crippen molar-refractivity contribution in [3.63, 3.8) is 0 Å². The van der Waals surface area contributed by atoms with Crippen molar-refractivity contribution in [2.45, 2.75) is 19.4 Å². The van der Waals surface area contributed by atoms with Crippen LogP contribution in [0, 0.1) is 0 Å². The van der Waals surface area contributed by atoms with Gasteiger partial charge in [0.05, 0.1) is 15.7 Å². The highest BCUT2D eigenvalue weighted by atomic mass is 79.9. The summed E-state index contributed by atoms with van der Waals surface area (Å²) in [7, 11) is 0. The smallest absolute Gasteiger partial charge is 0.115 e. The summed E-state index contributed by atoms with van der Waals surface area (Å²) in [5.74, 6) is 0.275. The molecule has 106 valence electrons. The highest BCUT2D eigenvalue weighted by Gasteiger charge is 2.11. The zero-order chi connectivity index (χ0) is 14.7. The minimum atomic E-state index is 0.189. The van der Waals surface area contributed by atoms with Crippen LogP contribution in [-0.4, -0.2) is 11.1 Å². The van der Waals surface area contributed by atoms with Crippen LogP contribution in [0.15, 0.2) is 40.9 Å². The van der Waals surface area contributed by atoms with Crippen LogP contribution in [0.2, 0.25) is 10.0 Å². The fourth-order valence-electron chi connectivity index (χ4n) is 1.94. The summed E-state index contributed by atoms with van der Waals surface area (Å²) < 4.78 is 0.779. The topological polar surface area (TPSA) is 32.3 Å². The number of hydrogen-bond donors (Lipinski definition) is 2. The number of nitrogens with one attached hydrogen (secondary N) is 1. The van der Waals surface area contributed by atoms with Crippen LogP contribution in [-0.2, 0) is 6.42 Å². The fraction of sp³-hybridized carbons (Fsp3) is 0.200. The molecular formula is C15H14BrCl2NO. The van der Waals surface area contributed by atoms with Crippen LogP contribution in [0.3, 0.4) is 0 Å². The molecule has 0 aliphatic rings. The lowest BCUT2D eigenvalue weighted by atomic mass is 10.1. The minimum Gasteiger partial charge on any atom is -0.508 e. The van der Waals surface area contributed by atoms with Crippen molar-refractivity contribution < 1.29 is 5.11 Å². The number of phenols is 1. The Morgan fingerprint density at radius 2 is 1.75 bits per heavy atom. The molecule has 1 unspecified atom stereocenters. The Kier molecular flexibility index (Phi) is 5.19. The monoisotopic (exact) mass is 373 g/mol. The largest absolute Gasteiger partial charge is 0.508 e. The third-order valence-electron chi connectivity index (χ3n) is 2.92. The predicted octanol–water partition coefficient (Wildman–Crippen LogP) is 5.50. The lowest BCUT2D eigenvalue weighted by Crippen LogP contribution is -2.18. The third kappa shape index (κ3) is 3.81. The molecule has 2 rings (SSSR count). The van der Waals surface area contributed by atoms with E-state index in [0.29, 0.717) is 10.0 Å². The van der Waals surface area contributed by atoms with Crippen LogP contribution in [0.4, 0.5) is 5.69 Å². The van der Waals surface area contributed by atoms with E-state index in [2.05, 4.69) is 28.2 Å². The quantitative estimate of drug-likeness (QED) is 0.692. The number of anilines is 1. The summed E-state index contributed by atoms with van der Waals surface area (Å²) in [6.45, 7) is 2.07. The average molecular weight is 375 g/mol. The Bertz CT molecular complexity index is 602. The number of aromatic hydroxyl groups is 1. The van der Waals surface area contributed by atoms with Gasteiger partial charge in [0.1, 0.15) is 5.75 Å². The summed E-state index contributed by atoms with van der Waals surface area (Å²) in [5.41, 5.74) is 1.95. The molecule has 5 heteroatoms. The van der Waals surface area contributed by atoms with E-state index in [4.69, 9.17) is 23.2 Å². The van der Waals surface area contributed by atoms with Gasteiger partial charge in [-0.2, -0.15) is 0 Å². The van der Waals surface area contributed by atoms with Crippen molar-refractivity contribution >= 4 is 44.8 Å². The molecule has 0 aliphatic carbocycles. The average Bonchev–Trinajstić information content (AvgIpc) is 2.42. The van der Waals surface area contributed by atoms with E-state index < -0.39 is 0 Å². The normalized spacial score (nSPS) is 12.2. The SMILES string of the molecule is CC(Cc1ccc(O)cc1)Nc1ccc(Br)c(Cl)c1Cl.